The molecule has 0 N–H and O–H groups in total. The van der Waals surface area contributed by atoms with Gasteiger partial charge in [-0.05, 0) is 49.1 Å². The minimum atomic E-state index is -0.288. The van der Waals surface area contributed by atoms with Crippen molar-refractivity contribution >= 4 is 29.1 Å². The highest BCUT2D eigenvalue weighted by molar-refractivity contribution is 7.99. The fourth-order valence-corrected chi connectivity index (χ4v) is 4.77. The Morgan fingerprint density at radius 3 is 2.68 bits per heavy atom. The van der Waals surface area contributed by atoms with E-state index >= 15 is 0 Å². The molecule has 4 nitrogen and oxygen atoms in total. The fraction of sp³-hybridized carbons (Fsp3) is 0.429. The number of piperazine rings is 1. The Morgan fingerprint density at radius 1 is 1.04 bits per heavy atom. The van der Waals surface area contributed by atoms with Gasteiger partial charge in [-0.2, -0.15) is 0 Å². The van der Waals surface area contributed by atoms with E-state index in [1.807, 2.05) is 12.1 Å². The van der Waals surface area contributed by atoms with Crippen molar-refractivity contribution in [3.8, 4) is 11.5 Å². The van der Waals surface area contributed by atoms with Crippen molar-refractivity contribution in [1.29, 1.82) is 0 Å². The van der Waals surface area contributed by atoms with Gasteiger partial charge in [-0.3, -0.25) is 4.90 Å². The molecule has 1 saturated heterocycles. The van der Waals surface area contributed by atoms with Gasteiger partial charge in [0.2, 0.25) is 0 Å². The zero-order valence-electron chi connectivity index (χ0n) is 15.7. The molecular formula is C21H24ClFN2O2S. The molecule has 0 aromatic heterocycles. The van der Waals surface area contributed by atoms with Gasteiger partial charge >= 0.3 is 0 Å². The Bertz CT molecular complexity index is 815. The topological polar surface area (TPSA) is 24.9 Å². The third-order valence-corrected chi connectivity index (χ3v) is 6.61. The number of hydrogen-bond donors (Lipinski definition) is 0. The number of thioether (sulfide) groups is 1. The van der Waals surface area contributed by atoms with E-state index in [9.17, 15) is 4.39 Å². The number of halogens is 2. The predicted octanol–water partition coefficient (Wildman–Crippen LogP) is 4.55. The number of nitrogens with zero attached hydrogens (tertiary/aromatic N) is 2. The standard InChI is InChI=1S/C21H24ClFN2O2S/c22-17-15-16(23)5-6-20(17)28-14-2-7-24-8-10-25(11-9-24)18-3-1-4-19-21(18)27-13-12-26-19/h1,3-6,15H,2,7-14H2. The molecule has 2 aromatic rings. The first kappa shape index (κ1) is 19.7. The van der Waals surface area contributed by atoms with Gasteiger partial charge in [0.25, 0.3) is 0 Å². The average molecular weight is 423 g/mol. The molecule has 4 rings (SSSR count). The summed E-state index contributed by atoms with van der Waals surface area (Å²) >= 11 is 7.78. The van der Waals surface area contributed by atoms with Crippen LogP contribution in [0.3, 0.4) is 0 Å². The van der Waals surface area contributed by atoms with Gasteiger partial charge in [0.1, 0.15) is 19.0 Å². The van der Waals surface area contributed by atoms with Gasteiger partial charge in [-0.1, -0.05) is 17.7 Å². The smallest absolute Gasteiger partial charge is 0.184 e. The first-order valence-corrected chi connectivity index (χ1v) is 11.0. The number of anilines is 1. The molecule has 0 bridgehead atoms. The van der Waals surface area contributed by atoms with E-state index in [2.05, 4.69) is 15.9 Å². The van der Waals surface area contributed by atoms with Crippen molar-refractivity contribution in [3.63, 3.8) is 0 Å². The van der Waals surface area contributed by atoms with Gasteiger partial charge in [-0.15, -0.1) is 11.8 Å². The van der Waals surface area contributed by atoms with Crippen molar-refractivity contribution in [2.24, 2.45) is 0 Å². The molecule has 2 heterocycles. The van der Waals surface area contributed by atoms with Crippen LogP contribution in [0.15, 0.2) is 41.3 Å². The van der Waals surface area contributed by atoms with Crippen molar-refractivity contribution in [2.75, 3.05) is 56.6 Å². The maximum atomic E-state index is 13.1. The molecule has 0 aliphatic carbocycles. The van der Waals surface area contributed by atoms with Gasteiger partial charge < -0.3 is 14.4 Å². The van der Waals surface area contributed by atoms with Crippen LogP contribution in [0.25, 0.3) is 0 Å². The van der Waals surface area contributed by atoms with E-state index in [0.29, 0.717) is 18.2 Å². The van der Waals surface area contributed by atoms with E-state index < -0.39 is 0 Å². The van der Waals surface area contributed by atoms with E-state index in [-0.39, 0.29) is 5.82 Å². The second-order valence-electron chi connectivity index (χ2n) is 6.91. The Hall–Kier alpha value is -1.63. The summed E-state index contributed by atoms with van der Waals surface area (Å²) in [6, 6.07) is 10.7. The summed E-state index contributed by atoms with van der Waals surface area (Å²) in [5, 5.41) is 0.496. The number of fused-ring (bicyclic) bond motifs is 1. The summed E-state index contributed by atoms with van der Waals surface area (Å²) in [7, 11) is 0. The molecular weight excluding hydrogens is 399 g/mol. The van der Waals surface area contributed by atoms with Crippen molar-refractivity contribution < 1.29 is 13.9 Å². The lowest BCUT2D eigenvalue weighted by atomic mass is 10.2. The molecule has 0 spiro atoms. The molecule has 2 aliphatic rings. The Morgan fingerprint density at radius 2 is 1.86 bits per heavy atom. The monoisotopic (exact) mass is 422 g/mol. The molecule has 0 amide bonds. The van der Waals surface area contributed by atoms with Crippen LogP contribution in [0, 0.1) is 5.82 Å². The second-order valence-corrected chi connectivity index (χ2v) is 8.45. The van der Waals surface area contributed by atoms with Crippen LogP contribution >= 0.6 is 23.4 Å². The Kier molecular flexibility index (Phi) is 6.50. The molecule has 1 fully saturated rings. The number of rotatable bonds is 6. The van der Waals surface area contributed by atoms with Crippen LogP contribution in [0.4, 0.5) is 10.1 Å². The highest BCUT2D eigenvalue weighted by Gasteiger charge is 2.23. The molecule has 0 radical (unpaired) electrons. The van der Waals surface area contributed by atoms with Crippen LogP contribution in [-0.4, -0.2) is 56.6 Å². The lowest BCUT2D eigenvalue weighted by Gasteiger charge is -2.37. The Balaban J connectivity index is 1.23. The van der Waals surface area contributed by atoms with Crippen LogP contribution in [0.2, 0.25) is 5.02 Å². The summed E-state index contributed by atoms with van der Waals surface area (Å²) in [4.78, 5) is 5.83. The maximum Gasteiger partial charge on any atom is 0.184 e. The fourth-order valence-electron chi connectivity index (χ4n) is 3.58. The van der Waals surface area contributed by atoms with Gasteiger partial charge in [0.05, 0.1) is 10.7 Å². The zero-order chi connectivity index (χ0) is 19.3. The largest absolute Gasteiger partial charge is 0.486 e. The lowest BCUT2D eigenvalue weighted by molar-refractivity contribution is 0.171. The number of hydrogen-bond acceptors (Lipinski definition) is 5. The molecule has 0 atom stereocenters. The highest BCUT2D eigenvalue weighted by Crippen LogP contribution is 2.39. The third-order valence-electron chi connectivity index (χ3n) is 5.03. The van der Waals surface area contributed by atoms with Gasteiger partial charge in [0.15, 0.2) is 11.5 Å². The van der Waals surface area contributed by atoms with Gasteiger partial charge in [0, 0.05) is 31.1 Å². The van der Waals surface area contributed by atoms with Gasteiger partial charge in [-0.25, -0.2) is 4.39 Å². The SMILES string of the molecule is Fc1ccc(SCCCN2CCN(c3cccc4c3OCCO4)CC2)c(Cl)c1. The number of para-hydroxylation sites is 1. The molecule has 2 aromatic carbocycles. The average Bonchev–Trinajstić information content (AvgIpc) is 2.72. The quantitative estimate of drug-likeness (QED) is 0.502. The summed E-state index contributed by atoms with van der Waals surface area (Å²) < 4.78 is 24.7. The van der Waals surface area contributed by atoms with E-state index in [1.165, 1.54) is 12.1 Å². The molecule has 2 aliphatic heterocycles. The maximum absolute atomic E-state index is 13.1. The lowest BCUT2D eigenvalue weighted by Crippen LogP contribution is -2.46. The first-order chi connectivity index (χ1) is 13.7. The van der Waals surface area contributed by atoms with Crippen molar-refractivity contribution in [2.45, 2.75) is 11.3 Å². The van der Waals surface area contributed by atoms with Crippen LogP contribution in [0.5, 0.6) is 11.5 Å². The molecule has 0 unspecified atom stereocenters. The first-order valence-electron chi connectivity index (χ1n) is 9.64. The third kappa shape index (κ3) is 4.67. The van der Waals surface area contributed by atoms with Crippen molar-refractivity contribution in [1.82, 2.24) is 4.90 Å². The predicted molar refractivity (Wildman–Crippen MR) is 113 cm³/mol. The molecule has 0 saturated carbocycles. The highest BCUT2D eigenvalue weighted by atomic mass is 35.5. The second kappa shape index (κ2) is 9.25. The number of benzene rings is 2. The summed E-state index contributed by atoms with van der Waals surface area (Å²) in [6.07, 6.45) is 1.08. The molecule has 28 heavy (non-hydrogen) atoms. The Labute approximate surface area is 174 Å². The molecule has 7 heteroatoms. The minimum Gasteiger partial charge on any atom is -0.486 e. The zero-order valence-corrected chi connectivity index (χ0v) is 17.3. The minimum absolute atomic E-state index is 0.288. The normalized spacial score (nSPS) is 17.0. The van der Waals surface area contributed by atoms with Crippen molar-refractivity contribution in [3.05, 3.63) is 47.2 Å². The summed E-state index contributed by atoms with van der Waals surface area (Å²) in [6.45, 7) is 6.32. The summed E-state index contributed by atoms with van der Waals surface area (Å²) in [5.41, 5.74) is 1.14. The van der Waals surface area contributed by atoms with Crippen LogP contribution < -0.4 is 14.4 Å². The van der Waals surface area contributed by atoms with E-state index in [0.717, 1.165) is 67.0 Å². The van der Waals surface area contributed by atoms with E-state index in [1.54, 1.807) is 17.8 Å². The molecule has 150 valence electrons. The van der Waals surface area contributed by atoms with E-state index in [4.69, 9.17) is 21.1 Å². The number of ether oxygens (including phenoxy) is 2. The van der Waals surface area contributed by atoms with Crippen LogP contribution in [-0.2, 0) is 0 Å². The summed E-state index contributed by atoms with van der Waals surface area (Å²) in [5.74, 6) is 2.42. The van der Waals surface area contributed by atoms with Crippen LogP contribution in [0.1, 0.15) is 6.42 Å².